The molecule has 1 aromatic carbocycles. The number of benzene rings is 1. The van der Waals surface area contributed by atoms with Gasteiger partial charge in [0.05, 0.1) is 6.10 Å². The third-order valence-electron chi connectivity index (χ3n) is 4.12. The molecular weight excluding hydrogens is 255 g/mol. The lowest BCUT2D eigenvalue weighted by molar-refractivity contribution is 0.199. The zero-order valence-electron chi connectivity index (χ0n) is 12.7. The van der Waals surface area contributed by atoms with Gasteiger partial charge in [0.2, 0.25) is 0 Å². The van der Waals surface area contributed by atoms with Crippen molar-refractivity contribution in [2.24, 2.45) is 0 Å². The first-order chi connectivity index (χ1) is 9.49. The molecule has 0 saturated carbocycles. The number of likely N-dealkylation sites (tertiary alicyclic amines) is 1. The molecule has 0 aromatic heterocycles. The molecule has 0 unspecified atom stereocenters. The maximum Gasteiger partial charge on any atom is 0.126 e. The Morgan fingerprint density at radius 2 is 2.00 bits per heavy atom. The van der Waals surface area contributed by atoms with Crippen molar-refractivity contribution in [2.75, 3.05) is 38.1 Å². The van der Waals surface area contributed by atoms with Gasteiger partial charge >= 0.3 is 0 Å². The van der Waals surface area contributed by atoms with Crippen LogP contribution in [0.1, 0.15) is 37.0 Å². The van der Waals surface area contributed by atoms with Gasteiger partial charge in [0, 0.05) is 31.4 Å². The number of likely N-dealkylation sites (N-methyl/N-ethyl adjacent to an activating group) is 1. The van der Waals surface area contributed by atoms with E-state index in [1.807, 2.05) is 13.1 Å². The van der Waals surface area contributed by atoms with Crippen LogP contribution in [0.5, 0.6) is 0 Å². The third kappa shape index (κ3) is 3.49. The highest BCUT2D eigenvalue weighted by Crippen LogP contribution is 2.28. The Hall–Kier alpha value is -1.13. The minimum Gasteiger partial charge on any atom is -0.389 e. The molecule has 1 N–H and O–H groups in total. The smallest absolute Gasteiger partial charge is 0.126 e. The normalized spacial score (nSPS) is 17.4. The van der Waals surface area contributed by atoms with E-state index in [1.54, 1.807) is 13.8 Å². The predicted octanol–water partition coefficient (Wildman–Crippen LogP) is 2.72. The van der Waals surface area contributed by atoms with Crippen LogP contribution < -0.4 is 4.90 Å². The zero-order chi connectivity index (χ0) is 14.7. The van der Waals surface area contributed by atoms with Gasteiger partial charge in [-0.05, 0) is 57.5 Å². The summed E-state index contributed by atoms with van der Waals surface area (Å²) >= 11 is 0. The summed E-state index contributed by atoms with van der Waals surface area (Å²) in [5.41, 5.74) is 2.22. The molecule has 0 spiro atoms. The van der Waals surface area contributed by atoms with Gasteiger partial charge in [0.15, 0.2) is 0 Å². The minimum atomic E-state index is -0.658. The number of rotatable bonds is 5. The van der Waals surface area contributed by atoms with E-state index in [1.165, 1.54) is 32.0 Å². The highest BCUT2D eigenvalue weighted by molar-refractivity contribution is 5.56. The van der Waals surface area contributed by atoms with Crippen LogP contribution in [-0.4, -0.2) is 43.2 Å². The lowest BCUT2D eigenvalue weighted by Crippen LogP contribution is -2.32. The van der Waals surface area contributed by atoms with Crippen molar-refractivity contribution < 1.29 is 9.50 Å². The largest absolute Gasteiger partial charge is 0.389 e. The monoisotopic (exact) mass is 280 g/mol. The molecular formula is C16H25FN2O. The van der Waals surface area contributed by atoms with E-state index in [9.17, 15) is 9.50 Å². The Balaban J connectivity index is 2.10. The lowest BCUT2D eigenvalue weighted by atomic mass is 10.0. The van der Waals surface area contributed by atoms with E-state index < -0.39 is 6.10 Å². The molecule has 0 bridgehead atoms. The second-order valence-corrected chi connectivity index (χ2v) is 5.81. The molecule has 0 amide bonds. The number of aliphatic hydroxyl groups is 1. The molecule has 2 rings (SSSR count). The van der Waals surface area contributed by atoms with Crippen LogP contribution >= 0.6 is 0 Å². The van der Waals surface area contributed by atoms with Crippen molar-refractivity contribution in [3.05, 3.63) is 29.1 Å². The van der Waals surface area contributed by atoms with Crippen LogP contribution in [0.4, 0.5) is 10.1 Å². The lowest BCUT2D eigenvalue weighted by Gasteiger charge is -2.26. The number of aryl methyl sites for hydroxylation is 1. The molecule has 1 heterocycles. The average molecular weight is 280 g/mol. The Kier molecular flexibility index (Phi) is 5.00. The van der Waals surface area contributed by atoms with Crippen LogP contribution in [-0.2, 0) is 0 Å². The first kappa shape index (κ1) is 15.3. The van der Waals surface area contributed by atoms with Crippen molar-refractivity contribution in [3.8, 4) is 0 Å². The van der Waals surface area contributed by atoms with Crippen LogP contribution in [0.3, 0.4) is 0 Å². The molecule has 1 atom stereocenters. The Bertz CT molecular complexity index is 456. The second-order valence-electron chi connectivity index (χ2n) is 5.81. The standard InChI is InChI=1S/C16H25FN2O/c1-12-10-16(14(13(2)20)11-15(12)17)18(3)8-9-19-6-4-5-7-19/h10-11,13,20H,4-9H2,1-3H3/t13-/m0/s1. The van der Waals surface area contributed by atoms with E-state index in [-0.39, 0.29) is 5.82 Å². The number of nitrogens with zero attached hydrogens (tertiary/aromatic N) is 2. The highest BCUT2D eigenvalue weighted by atomic mass is 19.1. The quantitative estimate of drug-likeness (QED) is 0.898. The van der Waals surface area contributed by atoms with Crippen molar-refractivity contribution in [3.63, 3.8) is 0 Å². The Morgan fingerprint density at radius 1 is 1.35 bits per heavy atom. The molecule has 1 aliphatic heterocycles. The van der Waals surface area contributed by atoms with Crippen LogP contribution in [0.15, 0.2) is 12.1 Å². The first-order valence-electron chi connectivity index (χ1n) is 7.40. The number of aliphatic hydroxyl groups excluding tert-OH is 1. The summed E-state index contributed by atoms with van der Waals surface area (Å²) in [4.78, 5) is 4.57. The maximum atomic E-state index is 13.7. The molecule has 20 heavy (non-hydrogen) atoms. The summed E-state index contributed by atoms with van der Waals surface area (Å²) in [6.45, 7) is 7.72. The van der Waals surface area contributed by atoms with E-state index >= 15 is 0 Å². The van der Waals surface area contributed by atoms with Crippen LogP contribution in [0, 0.1) is 12.7 Å². The fourth-order valence-electron chi connectivity index (χ4n) is 2.76. The minimum absolute atomic E-state index is 0.252. The van der Waals surface area contributed by atoms with Crippen LogP contribution in [0.25, 0.3) is 0 Å². The molecule has 3 nitrogen and oxygen atoms in total. The summed E-state index contributed by atoms with van der Waals surface area (Å²) in [6, 6.07) is 3.29. The zero-order valence-corrected chi connectivity index (χ0v) is 12.7. The Morgan fingerprint density at radius 3 is 2.60 bits per heavy atom. The molecule has 112 valence electrons. The molecule has 1 saturated heterocycles. The number of hydrogen-bond acceptors (Lipinski definition) is 3. The van der Waals surface area contributed by atoms with E-state index in [2.05, 4.69) is 9.80 Å². The van der Waals surface area contributed by atoms with Crippen molar-refractivity contribution in [1.29, 1.82) is 0 Å². The van der Waals surface area contributed by atoms with Gasteiger partial charge in [-0.3, -0.25) is 0 Å². The van der Waals surface area contributed by atoms with Crippen molar-refractivity contribution >= 4 is 5.69 Å². The predicted molar refractivity (Wildman–Crippen MR) is 80.7 cm³/mol. The van der Waals surface area contributed by atoms with Crippen LogP contribution in [0.2, 0.25) is 0 Å². The third-order valence-corrected chi connectivity index (χ3v) is 4.12. The van der Waals surface area contributed by atoms with E-state index in [0.717, 1.165) is 18.8 Å². The summed E-state index contributed by atoms with van der Waals surface area (Å²) in [5, 5.41) is 9.84. The molecule has 0 aliphatic carbocycles. The van der Waals surface area contributed by atoms with Gasteiger partial charge < -0.3 is 14.9 Å². The summed E-state index contributed by atoms with van der Waals surface area (Å²) in [6.07, 6.45) is 1.92. The molecule has 4 heteroatoms. The van der Waals surface area contributed by atoms with Gasteiger partial charge in [0.1, 0.15) is 5.82 Å². The highest BCUT2D eigenvalue weighted by Gasteiger charge is 2.16. The summed E-state index contributed by atoms with van der Waals surface area (Å²) in [5.74, 6) is -0.252. The van der Waals surface area contributed by atoms with Gasteiger partial charge in [-0.25, -0.2) is 4.39 Å². The molecule has 1 fully saturated rings. The molecule has 0 radical (unpaired) electrons. The second kappa shape index (κ2) is 6.55. The average Bonchev–Trinajstić information content (AvgIpc) is 2.91. The van der Waals surface area contributed by atoms with Gasteiger partial charge in [0.25, 0.3) is 0 Å². The number of halogens is 1. The fraction of sp³-hybridized carbons (Fsp3) is 0.625. The SMILES string of the molecule is Cc1cc(N(C)CCN2CCCC2)c([C@H](C)O)cc1F. The topological polar surface area (TPSA) is 26.7 Å². The summed E-state index contributed by atoms with van der Waals surface area (Å²) in [7, 11) is 2.01. The fourth-order valence-corrected chi connectivity index (χ4v) is 2.76. The van der Waals surface area contributed by atoms with Gasteiger partial charge in [-0.2, -0.15) is 0 Å². The van der Waals surface area contributed by atoms with Gasteiger partial charge in [-0.1, -0.05) is 0 Å². The van der Waals surface area contributed by atoms with Crippen molar-refractivity contribution in [1.82, 2.24) is 4.90 Å². The van der Waals surface area contributed by atoms with Gasteiger partial charge in [-0.15, -0.1) is 0 Å². The van der Waals surface area contributed by atoms with Crippen molar-refractivity contribution in [2.45, 2.75) is 32.8 Å². The van der Waals surface area contributed by atoms with E-state index in [0.29, 0.717) is 11.1 Å². The maximum absolute atomic E-state index is 13.7. The first-order valence-corrected chi connectivity index (χ1v) is 7.40. The number of hydrogen-bond donors (Lipinski definition) is 1. The summed E-state index contributed by atoms with van der Waals surface area (Å²) < 4.78 is 13.7. The molecule has 1 aliphatic rings. The number of anilines is 1. The molecule has 1 aromatic rings. The van der Waals surface area contributed by atoms with E-state index in [4.69, 9.17) is 0 Å². The Labute approximate surface area is 121 Å².